The van der Waals surface area contributed by atoms with E-state index in [-0.39, 0.29) is 11.3 Å². The maximum Gasteiger partial charge on any atom is 0.220 e. The van der Waals surface area contributed by atoms with Crippen molar-refractivity contribution in [3.63, 3.8) is 0 Å². The number of nitrogens with zero attached hydrogens (tertiary/aromatic N) is 1. The number of benzene rings is 1. The van der Waals surface area contributed by atoms with Gasteiger partial charge in [-0.25, -0.2) is 0 Å². The second kappa shape index (κ2) is 9.93. The maximum atomic E-state index is 11.9. The highest BCUT2D eigenvalue weighted by molar-refractivity contribution is 5.75. The topological polar surface area (TPSA) is 44.4 Å². The molecule has 2 N–H and O–H groups in total. The lowest BCUT2D eigenvalue weighted by molar-refractivity contribution is -0.121. The Balaban J connectivity index is 1.55. The van der Waals surface area contributed by atoms with E-state index in [1.165, 1.54) is 11.1 Å². The lowest BCUT2D eigenvalue weighted by Crippen LogP contribution is -2.46. The molecule has 140 valence electrons. The van der Waals surface area contributed by atoms with E-state index in [4.69, 9.17) is 0 Å². The number of carbonyl (C=O) groups excluding carboxylic acids is 1. The van der Waals surface area contributed by atoms with E-state index in [0.717, 1.165) is 58.5 Å². The van der Waals surface area contributed by atoms with Gasteiger partial charge >= 0.3 is 0 Å². The van der Waals surface area contributed by atoms with Crippen molar-refractivity contribution < 1.29 is 4.79 Å². The largest absolute Gasteiger partial charge is 0.355 e. The molecule has 1 saturated heterocycles. The van der Waals surface area contributed by atoms with Gasteiger partial charge in [-0.2, -0.15) is 0 Å². The lowest BCUT2D eigenvalue weighted by atomic mass is 9.86. The second-order valence-corrected chi connectivity index (χ2v) is 8.10. The number of amides is 1. The van der Waals surface area contributed by atoms with Gasteiger partial charge in [0.2, 0.25) is 5.91 Å². The summed E-state index contributed by atoms with van der Waals surface area (Å²) in [6.07, 6.45) is 3.72. The van der Waals surface area contributed by atoms with Crippen molar-refractivity contribution in [2.24, 2.45) is 0 Å². The Labute approximate surface area is 153 Å². The van der Waals surface area contributed by atoms with Crippen LogP contribution in [0.5, 0.6) is 0 Å². The fraction of sp³-hybridized carbons (Fsp3) is 0.667. The first kappa shape index (κ1) is 19.9. The van der Waals surface area contributed by atoms with Crippen LogP contribution in [-0.4, -0.2) is 50.1 Å². The summed E-state index contributed by atoms with van der Waals surface area (Å²) in [4.78, 5) is 14.3. The smallest absolute Gasteiger partial charge is 0.220 e. The first-order chi connectivity index (χ1) is 11.9. The molecule has 0 atom stereocenters. The molecule has 0 spiro atoms. The molecule has 0 radical (unpaired) electrons. The molecular formula is C21H35N3O. The van der Waals surface area contributed by atoms with Crippen molar-refractivity contribution in [3.05, 3.63) is 35.4 Å². The number of rotatable bonds is 8. The Hall–Kier alpha value is -1.39. The minimum Gasteiger partial charge on any atom is -0.355 e. The first-order valence-electron chi connectivity index (χ1n) is 9.74. The van der Waals surface area contributed by atoms with Crippen molar-refractivity contribution in [2.75, 3.05) is 39.3 Å². The monoisotopic (exact) mass is 345 g/mol. The van der Waals surface area contributed by atoms with Crippen LogP contribution in [0.2, 0.25) is 0 Å². The Morgan fingerprint density at radius 1 is 1.12 bits per heavy atom. The van der Waals surface area contributed by atoms with E-state index >= 15 is 0 Å². The number of hydrogen-bond acceptors (Lipinski definition) is 3. The fourth-order valence-corrected chi connectivity index (χ4v) is 3.16. The van der Waals surface area contributed by atoms with E-state index in [9.17, 15) is 4.79 Å². The molecule has 1 aromatic carbocycles. The number of carbonyl (C=O) groups is 1. The van der Waals surface area contributed by atoms with Gasteiger partial charge in [-0.1, -0.05) is 45.0 Å². The average Bonchev–Trinajstić information content (AvgIpc) is 2.59. The normalized spacial score (nSPS) is 16.0. The third kappa shape index (κ3) is 7.57. The zero-order valence-corrected chi connectivity index (χ0v) is 16.2. The SMILES string of the molecule is CC(C)(C)c1ccc(CCCCC(=O)NCCN2CCNCC2)cc1. The van der Waals surface area contributed by atoms with Crippen LogP contribution in [0, 0.1) is 0 Å². The molecule has 0 aromatic heterocycles. The van der Waals surface area contributed by atoms with Gasteiger partial charge in [0, 0.05) is 45.7 Å². The van der Waals surface area contributed by atoms with Crippen molar-refractivity contribution in [2.45, 2.75) is 51.9 Å². The van der Waals surface area contributed by atoms with E-state index in [2.05, 4.69) is 60.6 Å². The van der Waals surface area contributed by atoms with Gasteiger partial charge in [0.1, 0.15) is 0 Å². The van der Waals surface area contributed by atoms with E-state index < -0.39 is 0 Å². The highest BCUT2D eigenvalue weighted by Crippen LogP contribution is 2.22. The molecule has 0 aliphatic carbocycles. The van der Waals surface area contributed by atoms with Gasteiger partial charge in [0.25, 0.3) is 0 Å². The van der Waals surface area contributed by atoms with Crippen LogP contribution in [0.15, 0.2) is 24.3 Å². The Kier molecular flexibility index (Phi) is 7.91. The minimum absolute atomic E-state index is 0.193. The van der Waals surface area contributed by atoms with Crippen LogP contribution in [-0.2, 0) is 16.6 Å². The van der Waals surface area contributed by atoms with Crippen LogP contribution in [0.4, 0.5) is 0 Å². The standard InChI is InChI=1S/C21H35N3O/c1-21(2,3)19-10-8-18(9-11-19)6-4-5-7-20(25)23-14-17-24-15-12-22-13-16-24/h8-11,22H,4-7,12-17H2,1-3H3,(H,23,25). The molecule has 1 amide bonds. The predicted molar refractivity (Wildman–Crippen MR) is 105 cm³/mol. The van der Waals surface area contributed by atoms with E-state index in [1.807, 2.05) is 0 Å². The Morgan fingerprint density at radius 2 is 1.80 bits per heavy atom. The van der Waals surface area contributed by atoms with E-state index in [1.54, 1.807) is 0 Å². The molecule has 4 nitrogen and oxygen atoms in total. The molecule has 0 unspecified atom stereocenters. The molecule has 0 bridgehead atoms. The molecule has 0 saturated carbocycles. The van der Waals surface area contributed by atoms with Gasteiger partial charge in [-0.05, 0) is 35.8 Å². The predicted octanol–water partition coefficient (Wildman–Crippen LogP) is 2.72. The Morgan fingerprint density at radius 3 is 2.44 bits per heavy atom. The fourth-order valence-electron chi connectivity index (χ4n) is 3.16. The molecule has 25 heavy (non-hydrogen) atoms. The number of aryl methyl sites for hydroxylation is 1. The molecule has 1 heterocycles. The summed E-state index contributed by atoms with van der Waals surface area (Å²) in [6, 6.07) is 8.93. The molecular weight excluding hydrogens is 310 g/mol. The van der Waals surface area contributed by atoms with Crippen molar-refractivity contribution in [1.29, 1.82) is 0 Å². The molecule has 1 aliphatic heterocycles. The quantitative estimate of drug-likeness (QED) is 0.712. The van der Waals surface area contributed by atoms with Crippen LogP contribution >= 0.6 is 0 Å². The second-order valence-electron chi connectivity index (χ2n) is 8.10. The number of piperazine rings is 1. The third-order valence-corrected chi connectivity index (χ3v) is 4.90. The van der Waals surface area contributed by atoms with Crippen molar-refractivity contribution in [3.8, 4) is 0 Å². The summed E-state index contributed by atoms with van der Waals surface area (Å²) < 4.78 is 0. The third-order valence-electron chi connectivity index (χ3n) is 4.90. The van der Waals surface area contributed by atoms with Gasteiger partial charge in [-0.3, -0.25) is 9.69 Å². The summed E-state index contributed by atoms with van der Waals surface area (Å²) in [6.45, 7) is 12.7. The maximum absolute atomic E-state index is 11.9. The van der Waals surface area contributed by atoms with Gasteiger partial charge in [0.15, 0.2) is 0 Å². The lowest BCUT2D eigenvalue weighted by Gasteiger charge is -2.27. The van der Waals surface area contributed by atoms with Crippen molar-refractivity contribution in [1.82, 2.24) is 15.5 Å². The number of hydrogen-bond donors (Lipinski definition) is 2. The summed E-state index contributed by atoms with van der Waals surface area (Å²) in [5.74, 6) is 0.193. The summed E-state index contributed by atoms with van der Waals surface area (Å²) in [5, 5.41) is 6.39. The van der Waals surface area contributed by atoms with Crippen LogP contribution in [0.1, 0.15) is 51.2 Å². The molecule has 1 aromatic rings. The van der Waals surface area contributed by atoms with E-state index in [0.29, 0.717) is 6.42 Å². The van der Waals surface area contributed by atoms with Crippen molar-refractivity contribution >= 4 is 5.91 Å². The average molecular weight is 346 g/mol. The van der Waals surface area contributed by atoms with Gasteiger partial charge < -0.3 is 10.6 Å². The van der Waals surface area contributed by atoms with Crippen LogP contribution < -0.4 is 10.6 Å². The van der Waals surface area contributed by atoms with Gasteiger partial charge in [-0.15, -0.1) is 0 Å². The summed E-state index contributed by atoms with van der Waals surface area (Å²) in [5.41, 5.74) is 2.95. The molecule has 2 rings (SSSR count). The summed E-state index contributed by atoms with van der Waals surface area (Å²) in [7, 11) is 0. The molecule has 4 heteroatoms. The Bertz CT molecular complexity index is 513. The van der Waals surface area contributed by atoms with Crippen LogP contribution in [0.3, 0.4) is 0 Å². The molecule has 1 aliphatic rings. The zero-order valence-electron chi connectivity index (χ0n) is 16.2. The van der Waals surface area contributed by atoms with Gasteiger partial charge in [0.05, 0.1) is 0 Å². The highest BCUT2D eigenvalue weighted by atomic mass is 16.1. The zero-order chi connectivity index (χ0) is 18.1. The molecule has 1 fully saturated rings. The van der Waals surface area contributed by atoms with Crippen LogP contribution in [0.25, 0.3) is 0 Å². The first-order valence-corrected chi connectivity index (χ1v) is 9.74. The highest BCUT2D eigenvalue weighted by Gasteiger charge is 2.13. The number of nitrogens with one attached hydrogen (secondary N) is 2. The number of unbranched alkanes of at least 4 members (excludes halogenated alkanes) is 1. The minimum atomic E-state index is 0.193. The summed E-state index contributed by atoms with van der Waals surface area (Å²) >= 11 is 0.